The van der Waals surface area contributed by atoms with Gasteiger partial charge in [0.1, 0.15) is 12.0 Å². The molecule has 26 heavy (non-hydrogen) atoms. The van der Waals surface area contributed by atoms with Gasteiger partial charge in [0.25, 0.3) is 5.91 Å². The number of hydrazine groups is 1. The summed E-state index contributed by atoms with van der Waals surface area (Å²) in [4.78, 5) is 24.1. The Morgan fingerprint density at radius 1 is 1.12 bits per heavy atom. The minimum atomic E-state index is -0.342. The van der Waals surface area contributed by atoms with Crippen LogP contribution in [0.4, 0.5) is 23.0 Å². The average molecular weight is 370 g/mol. The summed E-state index contributed by atoms with van der Waals surface area (Å²) < 4.78 is 0. The third-order valence-corrected chi connectivity index (χ3v) is 3.96. The molecule has 1 amide bonds. The van der Waals surface area contributed by atoms with Crippen LogP contribution in [0.2, 0.25) is 5.02 Å². The van der Waals surface area contributed by atoms with Gasteiger partial charge in [-0.05, 0) is 36.8 Å². The largest absolute Gasteiger partial charge is 0.393 e. The monoisotopic (exact) mass is 369 g/mol. The van der Waals surface area contributed by atoms with Crippen LogP contribution in [-0.2, 0) is 0 Å². The van der Waals surface area contributed by atoms with Gasteiger partial charge in [-0.1, -0.05) is 17.7 Å². The summed E-state index contributed by atoms with van der Waals surface area (Å²) >= 11 is 6.13. The fourth-order valence-corrected chi connectivity index (χ4v) is 2.27. The van der Waals surface area contributed by atoms with E-state index in [1.807, 2.05) is 19.1 Å². The first-order valence-electron chi connectivity index (χ1n) is 7.64. The molecule has 8 nitrogen and oxygen atoms in total. The molecule has 3 aromatic rings. The molecular formula is C17H16ClN7O. The van der Waals surface area contributed by atoms with Gasteiger partial charge in [0.05, 0.1) is 0 Å². The molecule has 2 heterocycles. The predicted octanol–water partition coefficient (Wildman–Crippen LogP) is 2.92. The third-order valence-electron chi connectivity index (χ3n) is 3.56. The van der Waals surface area contributed by atoms with Gasteiger partial charge in [-0.2, -0.15) is 0 Å². The standard InChI is InChI=1S/C17H16ClN7O/c1-10-2-3-12(8-13(10)18)23-15-14(19)16(22-9-21-15)24-25-17(26)11-4-6-20-7-5-11/h2-9H,19H2,1H3,(H,25,26)(H2,21,22,23,24). The Kier molecular flexibility index (Phi) is 5.14. The second-order valence-electron chi connectivity index (χ2n) is 5.39. The number of aryl methyl sites for hydroxylation is 1. The van der Waals surface area contributed by atoms with Gasteiger partial charge < -0.3 is 11.1 Å². The minimum Gasteiger partial charge on any atom is -0.393 e. The maximum atomic E-state index is 12.1. The molecule has 2 aromatic heterocycles. The zero-order valence-corrected chi connectivity index (χ0v) is 14.6. The highest BCUT2D eigenvalue weighted by molar-refractivity contribution is 6.31. The number of carbonyl (C=O) groups excluding carboxylic acids is 1. The van der Waals surface area contributed by atoms with Crippen molar-refractivity contribution in [3.8, 4) is 0 Å². The van der Waals surface area contributed by atoms with Crippen molar-refractivity contribution in [2.75, 3.05) is 16.5 Å². The number of rotatable bonds is 5. The van der Waals surface area contributed by atoms with E-state index < -0.39 is 0 Å². The van der Waals surface area contributed by atoms with Gasteiger partial charge in [0, 0.05) is 28.7 Å². The lowest BCUT2D eigenvalue weighted by atomic mass is 10.2. The van der Waals surface area contributed by atoms with Crippen LogP contribution >= 0.6 is 11.6 Å². The lowest BCUT2D eigenvalue weighted by Crippen LogP contribution is -2.30. The van der Waals surface area contributed by atoms with Crippen molar-refractivity contribution >= 4 is 40.5 Å². The normalized spacial score (nSPS) is 10.2. The van der Waals surface area contributed by atoms with E-state index in [1.165, 1.54) is 18.7 Å². The molecule has 0 fully saturated rings. The number of halogens is 1. The molecule has 0 aliphatic rings. The Morgan fingerprint density at radius 2 is 1.85 bits per heavy atom. The number of anilines is 4. The molecule has 5 N–H and O–H groups in total. The summed E-state index contributed by atoms with van der Waals surface area (Å²) in [7, 11) is 0. The Hall–Kier alpha value is -3.39. The quantitative estimate of drug-likeness (QED) is 0.510. The second-order valence-corrected chi connectivity index (χ2v) is 5.80. The fraction of sp³-hybridized carbons (Fsp3) is 0.0588. The van der Waals surface area contributed by atoms with E-state index in [0.717, 1.165) is 11.3 Å². The molecule has 0 radical (unpaired) electrons. The highest BCUT2D eigenvalue weighted by Gasteiger charge is 2.11. The highest BCUT2D eigenvalue weighted by atomic mass is 35.5. The Labute approximate surface area is 154 Å². The topological polar surface area (TPSA) is 118 Å². The molecular weight excluding hydrogens is 354 g/mol. The molecule has 0 saturated carbocycles. The number of amides is 1. The van der Waals surface area contributed by atoms with E-state index in [0.29, 0.717) is 16.4 Å². The van der Waals surface area contributed by atoms with Crippen molar-refractivity contribution in [2.45, 2.75) is 6.92 Å². The van der Waals surface area contributed by atoms with E-state index in [2.05, 4.69) is 31.1 Å². The number of nitrogens with two attached hydrogens (primary N) is 1. The molecule has 0 unspecified atom stereocenters. The number of carbonyl (C=O) groups is 1. The average Bonchev–Trinajstić information content (AvgIpc) is 2.66. The van der Waals surface area contributed by atoms with Crippen molar-refractivity contribution in [3.63, 3.8) is 0 Å². The SMILES string of the molecule is Cc1ccc(Nc2ncnc(NNC(=O)c3ccncc3)c2N)cc1Cl. The van der Waals surface area contributed by atoms with Crippen molar-refractivity contribution in [1.82, 2.24) is 20.4 Å². The Bertz CT molecular complexity index is 934. The molecule has 132 valence electrons. The number of pyridine rings is 1. The minimum absolute atomic E-state index is 0.249. The van der Waals surface area contributed by atoms with Crippen LogP contribution in [0, 0.1) is 6.92 Å². The van der Waals surface area contributed by atoms with Crippen LogP contribution in [0.5, 0.6) is 0 Å². The summed E-state index contributed by atoms with van der Waals surface area (Å²) in [5.74, 6) is 0.314. The zero-order valence-electron chi connectivity index (χ0n) is 13.8. The molecule has 0 bridgehead atoms. The number of hydrogen-bond acceptors (Lipinski definition) is 7. The van der Waals surface area contributed by atoms with Crippen molar-refractivity contribution < 1.29 is 4.79 Å². The number of nitrogens with one attached hydrogen (secondary N) is 3. The van der Waals surface area contributed by atoms with Crippen LogP contribution < -0.4 is 21.9 Å². The number of benzene rings is 1. The smallest absolute Gasteiger partial charge is 0.269 e. The summed E-state index contributed by atoms with van der Waals surface area (Å²) in [6, 6.07) is 8.71. The maximum absolute atomic E-state index is 12.1. The van der Waals surface area contributed by atoms with Gasteiger partial charge in [0.15, 0.2) is 11.6 Å². The first-order chi connectivity index (χ1) is 12.5. The molecule has 0 aliphatic heterocycles. The second kappa shape index (κ2) is 7.66. The third kappa shape index (κ3) is 3.98. The predicted molar refractivity (Wildman–Crippen MR) is 101 cm³/mol. The van der Waals surface area contributed by atoms with Gasteiger partial charge in [-0.25, -0.2) is 9.97 Å². The molecule has 1 aromatic carbocycles. The van der Waals surface area contributed by atoms with Crippen molar-refractivity contribution in [1.29, 1.82) is 0 Å². The van der Waals surface area contributed by atoms with Crippen molar-refractivity contribution in [2.24, 2.45) is 0 Å². The number of hydrogen-bond donors (Lipinski definition) is 4. The van der Waals surface area contributed by atoms with E-state index in [-0.39, 0.29) is 17.4 Å². The summed E-state index contributed by atoms with van der Waals surface area (Å²) in [6.45, 7) is 1.92. The van der Waals surface area contributed by atoms with Crippen LogP contribution in [0.25, 0.3) is 0 Å². The molecule has 0 spiro atoms. The van der Waals surface area contributed by atoms with Crippen molar-refractivity contribution in [3.05, 3.63) is 65.2 Å². The number of nitrogen functional groups attached to an aromatic ring is 1. The molecule has 3 rings (SSSR count). The van der Waals surface area contributed by atoms with E-state index in [9.17, 15) is 4.79 Å². The molecule has 9 heteroatoms. The van der Waals surface area contributed by atoms with Crippen LogP contribution in [0.3, 0.4) is 0 Å². The summed E-state index contributed by atoms with van der Waals surface area (Å²) in [5, 5.41) is 3.71. The van der Waals surface area contributed by atoms with Gasteiger partial charge in [-0.15, -0.1) is 0 Å². The Morgan fingerprint density at radius 3 is 2.58 bits per heavy atom. The van der Waals surface area contributed by atoms with Gasteiger partial charge >= 0.3 is 0 Å². The molecule has 0 saturated heterocycles. The fourth-order valence-electron chi connectivity index (χ4n) is 2.09. The summed E-state index contributed by atoms with van der Waals surface area (Å²) in [5.41, 5.74) is 13.7. The van der Waals surface area contributed by atoms with Gasteiger partial charge in [0.2, 0.25) is 0 Å². The molecule has 0 atom stereocenters. The highest BCUT2D eigenvalue weighted by Crippen LogP contribution is 2.27. The van der Waals surface area contributed by atoms with E-state index in [4.69, 9.17) is 17.3 Å². The first kappa shape index (κ1) is 17.4. The van der Waals surface area contributed by atoms with Crippen LogP contribution in [-0.4, -0.2) is 20.9 Å². The molecule has 0 aliphatic carbocycles. The van der Waals surface area contributed by atoms with Crippen LogP contribution in [0.15, 0.2) is 49.1 Å². The van der Waals surface area contributed by atoms with Gasteiger partial charge in [-0.3, -0.25) is 20.6 Å². The van der Waals surface area contributed by atoms with E-state index >= 15 is 0 Å². The van der Waals surface area contributed by atoms with Crippen LogP contribution in [0.1, 0.15) is 15.9 Å². The first-order valence-corrected chi connectivity index (χ1v) is 8.02. The summed E-state index contributed by atoms with van der Waals surface area (Å²) in [6.07, 6.45) is 4.39. The number of nitrogens with zero attached hydrogens (tertiary/aromatic N) is 3. The maximum Gasteiger partial charge on any atom is 0.269 e. The Balaban J connectivity index is 1.72. The number of aromatic nitrogens is 3. The lowest BCUT2D eigenvalue weighted by Gasteiger charge is -2.13. The van der Waals surface area contributed by atoms with E-state index in [1.54, 1.807) is 18.2 Å². The lowest BCUT2D eigenvalue weighted by molar-refractivity contribution is 0.0962. The zero-order chi connectivity index (χ0) is 18.5.